The van der Waals surface area contributed by atoms with Crippen LogP contribution in [0.1, 0.15) is 24.4 Å². The fraction of sp³-hybridized carbons (Fsp3) is 0.308. The van der Waals surface area contributed by atoms with Crippen LogP contribution in [0.4, 0.5) is 0 Å². The number of nitrogens with zero attached hydrogens (tertiary/aromatic N) is 2. The lowest BCUT2D eigenvalue weighted by Crippen LogP contribution is -2.30. The van der Waals surface area contributed by atoms with Crippen LogP contribution in [-0.2, 0) is 10.0 Å². The van der Waals surface area contributed by atoms with E-state index in [1.54, 1.807) is 26.0 Å². The topological polar surface area (TPSA) is 86.3 Å². The monoisotopic (exact) mass is 295 g/mol. The molecule has 1 atom stereocenters. The lowest BCUT2D eigenvalue weighted by atomic mass is 10.1. The third-order valence-corrected chi connectivity index (χ3v) is 5.10. The van der Waals surface area contributed by atoms with Gasteiger partial charge < -0.3 is 10.1 Å². The summed E-state index contributed by atoms with van der Waals surface area (Å²) in [5.41, 5.74) is 0.796. The predicted octanol–water partition coefficient (Wildman–Crippen LogP) is 1.81. The van der Waals surface area contributed by atoms with Crippen molar-refractivity contribution in [3.05, 3.63) is 41.9 Å². The molecule has 0 aliphatic heterocycles. The molecule has 2 N–H and O–H groups in total. The molecule has 20 heavy (non-hydrogen) atoms. The lowest BCUT2D eigenvalue weighted by Gasteiger charge is -2.23. The highest BCUT2D eigenvalue weighted by molar-refractivity contribution is 7.89. The second kappa shape index (κ2) is 5.26. The van der Waals surface area contributed by atoms with Crippen LogP contribution in [0.15, 0.2) is 35.5 Å². The van der Waals surface area contributed by atoms with Crippen LogP contribution in [0.3, 0.4) is 0 Å². The maximum atomic E-state index is 12.4. The van der Waals surface area contributed by atoms with Gasteiger partial charge in [0, 0.05) is 13.1 Å². The molecule has 0 saturated carbocycles. The molecule has 1 unspecified atom stereocenters. The first-order valence-corrected chi connectivity index (χ1v) is 7.55. The Morgan fingerprint density at radius 3 is 2.40 bits per heavy atom. The summed E-state index contributed by atoms with van der Waals surface area (Å²) in [7, 11) is -2.11. The van der Waals surface area contributed by atoms with Gasteiger partial charge in [-0.2, -0.15) is 4.31 Å². The van der Waals surface area contributed by atoms with Crippen molar-refractivity contribution in [3.8, 4) is 5.75 Å². The van der Waals surface area contributed by atoms with E-state index in [1.165, 1.54) is 29.7 Å². The van der Waals surface area contributed by atoms with Crippen LogP contribution in [0.2, 0.25) is 0 Å². The van der Waals surface area contributed by atoms with Gasteiger partial charge in [-0.1, -0.05) is 12.1 Å². The van der Waals surface area contributed by atoms with E-state index >= 15 is 0 Å². The number of hydrogen-bond donors (Lipinski definition) is 2. The van der Waals surface area contributed by atoms with Gasteiger partial charge in [0.25, 0.3) is 10.0 Å². The maximum Gasteiger partial charge on any atom is 0.260 e. The smallest absolute Gasteiger partial charge is 0.260 e. The van der Waals surface area contributed by atoms with Gasteiger partial charge in [0.15, 0.2) is 5.03 Å². The Morgan fingerprint density at radius 2 is 1.90 bits per heavy atom. The highest BCUT2D eigenvalue weighted by Crippen LogP contribution is 2.26. The van der Waals surface area contributed by atoms with Crippen molar-refractivity contribution in [3.63, 3.8) is 0 Å². The third-order valence-electron chi connectivity index (χ3n) is 3.26. The Morgan fingerprint density at radius 1 is 1.30 bits per heavy atom. The Bertz CT molecular complexity index is 692. The van der Waals surface area contributed by atoms with Gasteiger partial charge in [-0.25, -0.2) is 13.4 Å². The van der Waals surface area contributed by atoms with Crippen molar-refractivity contribution in [1.29, 1.82) is 0 Å². The number of aromatic nitrogens is 2. The molecule has 0 bridgehead atoms. The van der Waals surface area contributed by atoms with E-state index in [-0.39, 0.29) is 16.8 Å². The number of H-pyrrole nitrogens is 1. The zero-order valence-corrected chi connectivity index (χ0v) is 12.3. The minimum Gasteiger partial charge on any atom is -0.508 e. The van der Waals surface area contributed by atoms with Gasteiger partial charge in [0.2, 0.25) is 0 Å². The Kier molecular flexibility index (Phi) is 3.82. The molecule has 0 fully saturated rings. The number of hydrogen-bond acceptors (Lipinski definition) is 4. The van der Waals surface area contributed by atoms with Gasteiger partial charge in [-0.15, -0.1) is 0 Å². The van der Waals surface area contributed by atoms with Crippen molar-refractivity contribution in [2.24, 2.45) is 0 Å². The second-order valence-electron chi connectivity index (χ2n) is 4.62. The molecule has 6 nitrogen and oxygen atoms in total. The van der Waals surface area contributed by atoms with Crippen molar-refractivity contribution in [2.75, 3.05) is 7.05 Å². The standard InChI is InChI=1S/C13H17N3O3S/c1-9(11-4-6-12(17)7-5-11)16(3)20(18,19)13-8-14-10(2)15-13/h4-9,17H,1-3H3,(H,14,15). The molecular formula is C13H17N3O3S. The third kappa shape index (κ3) is 2.68. The van der Waals surface area contributed by atoms with E-state index in [0.29, 0.717) is 5.82 Å². The number of phenols is 1. The average Bonchev–Trinajstić information content (AvgIpc) is 2.85. The largest absolute Gasteiger partial charge is 0.508 e. The molecule has 0 amide bonds. The Hall–Kier alpha value is -1.86. The first-order chi connectivity index (χ1) is 9.32. The molecule has 0 spiro atoms. The molecule has 1 aromatic heterocycles. The van der Waals surface area contributed by atoms with E-state index in [0.717, 1.165) is 5.56 Å². The maximum absolute atomic E-state index is 12.4. The number of benzene rings is 1. The van der Waals surface area contributed by atoms with Gasteiger partial charge >= 0.3 is 0 Å². The van der Waals surface area contributed by atoms with Crippen molar-refractivity contribution < 1.29 is 13.5 Å². The van der Waals surface area contributed by atoms with E-state index < -0.39 is 10.0 Å². The van der Waals surface area contributed by atoms with E-state index in [9.17, 15) is 13.5 Å². The number of aryl methyl sites for hydroxylation is 1. The van der Waals surface area contributed by atoms with E-state index in [4.69, 9.17) is 0 Å². The lowest BCUT2D eigenvalue weighted by molar-refractivity contribution is 0.396. The number of sulfonamides is 1. The highest BCUT2D eigenvalue weighted by atomic mass is 32.2. The first-order valence-electron chi connectivity index (χ1n) is 6.11. The van der Waals surface area contributed by atoms with Crippen LogP contribution in [0, 0.1) is 6.92 Å². The van der Waals surface area contributed by atoms with Crippen molar-refractivity contribution >= 4 is 10.0 Å². The summed E-state index contributed by atoms with van der Waals surface area (Å²) >= 11 is 0. The van der Waals surface area contributed by atoms with Crippen molar-refractivity contribution in [1.82, 2.24) is 14.3 Å². The summed E-state index contributed by atoms with van der Waals surface area (Å²) < 4.78 is 26.1. The summed E-state index contributed by atoms with van der Waals surface area (Å²) in [6, 6.07) is 6.11. The van der Waals surface area contributed by atoms with Crippen LogP contribution in [-0.4, -0.2) is 34.8 Å². The van der Waals surface area contributed by atoms with Gasteiger partial charge in [0.1, 0.15) is 11.6 Å². The summed E-state index contributed by atoms with van der Waals surface area (Å²) in [5.74, 6) is 0.699. The highest BCUT2D eigenvalue weighted by Gasteiger charge is 2.27. The number of imidazole rings is 1. The zero-order valence-electron chi connectivity index (χ0n) is 11.5. The molecule has 0 saturated heterocycles. The number of phenolic OH excluding ortho intramolecular Hbond substituents is 1. The second-order valence-corrected chi connectivity index (χ2v) is 6.59. The Balaban J connectivity index is 2.30. The van der Waals surface area contributed by atoms with E-state index in [1.807, 2.05) is 0 Å². The van der Waals surface area contributed by atoms with Crippen LogP contribution in [0.5, 0.6) is 5.75 Å². The molecule has 1 aromatic carbocycles. The zero-order chi connectivity index (χ0) is 14.9. The molecule has 0 radical (unpaired) electrons. The number of aromatic hydroxyl groups is 1. The summed E-state index contributed by atoms with van der Waals surface area (Å²) in [4.78, 5) is 6.65. The summed E-state index contributed by atoms with van der Waals surface area (Å²) in [5, 5.41) is 9.34. The number of nitrogens with one attached hydrogen (secondary N) is 1. The molecule has 108 valence electrons. The number of aromatic amines is 1. The molecule has 7 heteroatoms. The van der Waals surface area contributed by atoms with Crippen molar-refractivity contribution in [2.45, 2.75) is 24.9 Å². The van der Waals surface area contributed by atoms with E-state index in [2.05, 4.69) is 9.97 Å². The molecule has 1 heterocycles. The fourth-order valence-electron chi connectivity index (χ4n) is 1.86. The molecule has 0 aliphatic rings. The minimum atomic E-state index is -3.62. The van der Waals surface area contributed by atoms with Gasteiger partial charge in [0.05, 0.1) is 6.20 Å². The van der Waals surface area contributed by atoms with Gasteiger partial charge in [-0.3, -0.25) is 0 Å². The minimum absolute atomic E-state index is 0.0723. The van der Waals surface area contributed by atoms with Crippen LogP contribution < -0.4 is 0 Å². The van der Waals surface area contributed by atoms with Crippen LogP contribution in [0.25, 0.3) is 0 Å². The quantitative estimate of drug-likeness (QED) is 0.900. The molecule has 2 aromatic rings. The SMILES string of the molecule is Cc1ncc(S(=O)(=O)N(C)C(C)c2ccc(O)cc2)[nH]1. The molecule has 0 aliphatic carbocycles. The van der Waals surface area contributed by atoms with Gasteiger partial charge in [-0.05, 0) is 31.5 Å². The fourth-order valence-corrected chi connectivity index (χ4v) is 3.17. The number of rotatable bonds is 4. The molecular weight excluding hydrogens is 278 g/mol. The Labute approximate surface area is 118 Å². The predicted molar refractivity (Wildman–Crippen MR) is 74.8 cm³/mol. The van der Waals surface area contributed by atoms with Crippen LogP contribution >= 0.6 is 0 Å². The summed E-state index contributed by atoms with van der Waals surface area (Å²) in [6.45, 7) is 3.48. The average molecular weight is 295 g/mol. The normalized spacial score (nSPS) is 13.6. The first kappa shape index (κ1) is 14.5. The summed E-state index contributed by atoms with van der Waals surface area (Å²) in [6.07, 6.45) is 1.31. The molecule has 2 rings (SSSR count).